The number of hydrogen-bond donors (Lipinski definition) is 1. The second kappa shape index (κ2) is 9.80. The predicted octanol–water partition coefficient (Wildman–Crippen LogP) is 5.83. The van der Waals surface area contributed by atoms with Gasteiger partial charge >= 0.3 is 0 Å². The van der Waals surface area contributed by atoms with E-state index in [2.05, 4.69) is 26.1 Å². The Morgan fingerprint density at radius 2 is 1.26 bits per heavy atom. The van der Waals surface area contributed by atoms with Gasteiger partial charge in [0.1, 0.15) is 0 Å². The third-order valence-corrected chi connectivity index (χ3v) is 4.54. The summed E-state index contributed by atoms with van der Waals surface area (Å²) >= 11 is 0. The Hall–Kier alpha value is -0.0400. The molecule has 0 aliphatic heterocycles. The van der Waals surface area contributed by atoms with Crippen molar-refractivity contribution in [2.75, 3.05) is 0 Å². The lowest BCUT2D eigenvalue weighted by Crippen LogP contribution is -2.43. The molecule has 19 heavy (non-hydrogen) atoms. The van der Waals surface area contributed by atoms with Crippen molar-refractivity contribution in [3.63, 3.8) is 0 Å². The van der Waals surface area contributed by atoms with Crippen LogP contribution in [0.1, 0.15) is 104 Å². The molecule has 1 N–H and O–H groups in total. The Morgan fingerprint density at radius 3 is 1.74 bits per heavy atom. The first kappa shape index (κ1) is 17.0. The van der Waals surface area contributed by atoms with Crippen LogP contribution in [0.4, 0.5) is 0 Å². The van der Waals surface area contributed by atoms with Crippen LogP contribution in [-0.4, -0.2) is 11.6 Å². The average molecular weight is 268 g/mol. The van der Waals surface area contributed by atoms with Gasteiger partial charge in [0.25, 0.3) is 0 Å². The molecule has 0 aromatic rings. The topological polar surface area (TPSA) is 12.0 Å². The van der Waals surface area contributed by atoms with E-state index in [1.807, 2.05) is 0 Å². The maximum atomic E-state index is 3.94. The molecule has 0 amide bonds. The molecule has 1 rings (SSSR count). The molecule has 1 atom stereocenters. The summed E-state index contributed by atoms with van der Waals surface area (Å²) in [5.74, 6) is 0. The lowest BCUT2D eigenvalue weighted by Gasteiger charge is -2.32. The molecule has 0 bridgehead atoms. The van der Waals surface area contributed by atoms with Crippen LogP contribution in [0, 0.1) is 0 Å². The summed E-state index contributed by atoms with van der Waals surface area (Å²) in [5.41, 5.74) is 0.432. The molecule has 0 aromatic carbocycles. The molecule has 1 saturated carbocycles. The van der Waals surface area contributed by atoms with Crippen molar-refractivity contribution in [1.82, 2.24) is 5.32 Å². The summed E-state index contributed by atoms with van der Waals surface area (Å²) in [5, 5.41) is 3.94. The summed E-state index contributed by atoms with van der Waals surface area (Å²) in [6.45, 7) is 7.08. The molecule has 0 radical (unpaired) electrons. The van der Waals surface area contributed by atoms with Crippen molar-refractivity contribution in [2.45, 2.75) is 116 Å². The Kier molecular flexibility index (Phi) is 8.77. The molecule has 1 fully saturated rings. The zero-order valence-electron chi connectivity index (χ0n) is 13.8. The Balaban J connectivity index is 2.19. The Bertz CT molecular complexity index is 210. The molecule has 114 valence electrons. The summed E-state index contributed by atoms with van der Waals surface area (Å²) in [7, 11) is 0. The fourth-order valence-electron chi connectivity index (χ4n) is 3.05. The molecular formula is C18H37N. The number of nitrogens with one attached hydrogen (secondary N) is 1. The van der Waals surface area contributed by atoms with Crippen LogP contribution < -0.4 is 5.32 Å². The van der Waals surface area contributed by atoms with Gasteiger partial charge in [-0.1, -0.05) is 71.6 Å². The van der Waals surface area contributed by atoms with Crippen molar-refractivity contribution in [3.05, 3.63) is 0 Å². The van der Waals surface area contributed by atoms with E-state index in [4.69, 9.17) is 0 Å². The minimum atomic E-state index is 0.432. The summed E-state index contributed by atoms with van der Waals surface area (Å²) in [6, 6.07) is 0.854. The lowest BCUT2D eigenvalue weighted by molar-refractivity contribution is 0.284. The highest BCUT2D eigenvalue weighted by Crippen LogP contribution is 2.29. The molecule has 0 saturated heterocycles. The van der Waals surface area contributed by atoms with Gasteiger partial charge in [0.15, 0.2) is 0 Å². The summed E-state index contributed by atoms with van der Waals surface area (Å²) < 4.78 is 0. The molecular weight excluding hydrogens is 230 g/mol. The minimum Gasteiger partial charge on any atom is -0.309 e. The van der Waals surface area contributed by atoms with Crippen LogP contribution in [0.2, 0.25) is 0 Å². The highest BCUT2D eigenvalue weighted by Gasteiger charge is 2.31. The van der Waals surface area contributed by atoms with Crippen LogP contribution in [0.15, 0.2) is 0 Å². The molecule has 1 aliphatic rings. The van der Waals surface area contributed by atoms with Crippen LogP contribution in [0.25, 0.3) is 0 Å². The highest BCUT2D eigenvalue weighted by molar-refractivity contribution is 4.92. The average Bonchev–Trinajstić information content (AvgIpc) is 3.18. The minimum absolute atomic E-state index is 0.432. The largest absolute Gasteiger partial charge is 0.309 e. The predicted molar refractivity (Wildman–Crippen MR) is 86.7 cm³/mol. The van der Waals surface area contributed by atoms with Crippen molar-refractivity contribution < 1.29 is 0 Å². The van der Waals surface area contributed by atoms with E-state index in [0.717, 1.165) is 6.04 Å². The van der Waals surface area contributed by atoms with Crippen molar-refractivity contribution in [2.24, 2.45) is 0 Å². The van der Waals surface area contributed by atoms with Gasteiger partial charge in [-0.05, 0) is 32.6 Å². The van der Waals surface area contributed by atoms with E-state index >= 15 is 0 Å². The van der Waals surface area contributed by atoms with Gasteiger partial charge in [-0.15, -0.1) is 0 Å². The maximum Gasteiger partial charge on any atom is 0.0155 e. The molecule has 1 heteroatoms. The first-order chi connectivity index (χ1) is 9.20. The molecule has 0 heterocycles. The van der Waals surface area contributed by atoms with Crippen LogP contribution >= 0.6 is 0 Å². The van der Waals surface area contributed by atoms with Gasteiger partial charge in [0, 0.05) is 11.6 Å². The number of hydrogen-bond acceptors (Lipinski definition) is 1. The van der Waals surface area contributed by atoms with Gasteiger partial charge in [-0.2, -0.15) is 0 Å². The molecule has 0 aromatic heterocycles. The van der Waals surface area contributed by atoms with Gasteiger partial charge in [0.2, 0.25) is 0 Å². The standard InChI is InChI=1S/C18H37N/c1-4-6-8-10-12-16-18(3,19-17-13-14-17)15-11-9-7-5-2/h17,19H,4-16H2,1-3H3. The summed E-state index contributed by atoms with van der Waals surface area (Å²) in [6.07, 6.45) is 18.3. The van der Waals surface area contributed by atoms with Crippen molar-refractivity contribution in [1.29, 1.82) is 0 Å². The normalized spacial score (nSPS) is 18.5. The fourth-order valence-corrected chi connectivity index (χ4v) is 3.05. The van der Waals surface area contributed by atoms with E-state index in [9.17, 15) is 0 Å². The first-order valence-corrected chi connectivity index (χ1v) is 8.98. The van der Waals surface area contributed by atoms with E-state index in [-0.39, 0.29) is 0 Å². The summed E-state index contributed by atoms with van der Waals surface area (Å²) in [4.78, 5) is 0. The van der Waals surface area contributed by atoms with E-state index in [0.29, 0.717) is 5.54 Å². The molecule has 1 nitrogen and oxygen atoms in total. The van der Waals surface area contributed by atoms with Crippen molar-refractivity contribution >= 4 is 0 Å². The fraction of sp³-hybridized carbons (Fsp3) is 1.00. The van der Waals surface area contributed by atoms with Gasteiger partial charge in [0.05, 0.1) is 0 Å². The van der Waals surface area contributed by atoms with Crippen LogP contribution in [0.3, 0.4) is 0 Å². The maximum absolute atomic E-state index is 3.94. The van der Waals surface area contributed by atoms with Crippen LogP contribution in [-0.2, 0) is 0 Å². The second-order valence-electron chi connectivity index (χ2n) is 6.95. The number of unbranched alkanes of at least 4 members (excludes halogenated alkanes) is 7. The second-order valence-corrected chi connectivity index (χ2v) is 6.95. The Morgan fingerprint density at radius 1 is 0.789 bits per heavy atom. The third kappa shape index (κ3) is 8.68. The lowest BCUT2D eigenvalue weighted by atomic mass is 9.88. The highest BCUT2D eigenvalue weighted by atomic mass is 15.0. The van der Waals surface area contributed by atoms with E-state index in [1.165, 1.54) is 83.5 Å². The molecule has 0 spiro atoms. The van der Waals surface area contributed by atoms with E-state index in [1.54, 1.807) is 0 Å². The van der Waals surface area contributed by atoms with E-state index < -0.39 is 0 Å². The zero-order chi connectivity index (χ0) is 14.0. The van der Waals surface area contributed by atoms with Gasteiger partial charge < -0.3 is 5.32 Å². The molecule has 1 unspecified atom stereocenters. The SMILES string of the molecule is CCCCCCCC(C)(CCCCCC)NC1CC1. The smallest absolute Gasteiger partial charge is 0.0155 e. The zero-order valence-corrected chi connectivity index (χ0v) is 13.8. The Labute approximate surface area is 121 Å². The molecule has 1 aliphatic carbocycles. The van der Waals surface area contributed by atoms with Gasteiger partial charge in [-0.3, -0.25) is 0 Å². The monoisotopic (exact) mass is 267 g/mol. The van der Waals surface area contributed by atoms with Gasteiger partial charge in [-0.25, -0.2) is 0 Å². The number of rotatable bonds is 13. The van der Waals surface area contributed by atoms with Crippen LogP contribution in [0.5, 0.6) is 0 Å². The third-order valence-electron chi connectivity index (χ3n) is 4.54. The quantitative estimate of drug-likeness (QED) is 0.414. The van der Waals surface area contributed by atoms with Crippen molar-refractivity contribution in [3.8, 4) is 0 Å². The first-order valence-electron chi connectivity index (χ1n) is 8.98.